The molecule has 0 rings (SSSR count). The molecule has 0 aliphatic carbocycles. The molecule has 0 radical (unpaired) electrons. The number of carboxylic acids is 1. The molecule has 5 heteroatoms. The molecule has 0 spiro atoms. The van der Waals surface area contributed by atoms with Crippen molar-refractivity contribution >= 4 is 11.8 Å². The van der Waals surface area contributed by atoms with E-state index < -0.39 is 12.0 Å². The van der Waals surface area contributed by atoms with Crippen LogP contribution in [0.15, 0.2) is 0 Å². The molecule has 0 bridgehead atoms. The van der Waals surface area contributed by atoms with Gasteiger partial charge >= 0.3 is 5.97 Å². The lowest BCUT2D eigenvalue weighted by molar-refractivity contribution is -0.142. The highest BCUT2D eigenvalue weighted by atomic mass is 16.5. The summed E-state index contributed by atoms with van der Waals surface area (Å²) in [6.07, 6.45) is 0.270. The molecule has 0 saturated heterocycles. The molecule has 0 aliphatic heterocycles. The minimum absolute atomic E-state index is 0.0912. The van der Waals surface area contributed by atoms with Crippen LogP contribution in [0.2, 0.25) is 0 Å². The Morgan fingerprint density at radius 3 is 2.36 bits per heavy atom. The first-order valence-corrected chi connectivity index (χ1v) is 3.19. The fraction of sp³-hybridized carbons (Fsp3) is 0.667. The van der Waals surface area contributed by atoms with Gasteiger partial charge in [-0.2, -0.15) is 5.48 Å². The molecule has 0 aromatic heterocycles. The monoisotopic (exact) mass is 161 g/mol. The number of nitrogens with one attached hydrogen (secondary N) is 1. The predicted octanol–water partition coefficient (Wildman–Crippen LogP) is -0.212. The van der Waals surface area contributed by atoms with Gasteiger partial charge in [0.25, 0.3) is 0 Å². The summed E-state index contributed by atoms with van der Waals surface area (Å²) in [5.41, 5.74) is 1.61. The Labute approximate surface area is 64.0 Å². The zero-order chi connectivity index (χ0) is 8.85. The van der Waals surface area contributed by atoms with Crippen LogP contribution in [0, 0.1) is 0 Å². The van der Waals surface area contributed by atoms with Crippen molar-refractivity contribution in [2.45, 2.75) is 25.8 Å². The molecule has 5 nitrogen and oxygen atoms in total. The fourth-order valence-corrected chi connectivity index (χ4v) is 0.591. The molecule has 0 amide bonds. The maximum atomic E-state index is 10.4. The topological polar surface area (TPSA) is 86.6 Å². The van der Waals surface area contributed by atoms with Gasteiger partial charge in [-0.15, -0.1) is 0 Å². The number of aliphatic carboxylic acids is 1. The van der Waals surface area contributed by atoms with E-state index in [1.807, 2.05) is 0 Å². The zero-order valence-electron chi connectivity index (χ0n) is 6.20. The first kappa shape index (κ1) is 10.1. The number of Topliss-reactive ketones (excluding diaryl/α,β-unsaturated/α-hetero) is 1. The van der Waals surface area contributed by atoms with Crippen molar-refractivity contribution in [3.63, 3.8) is 0 Å². The third-order valence-electron chi connectivity index (χ3n) is 1.24. The second-order valence-corrected chi connectivity index (χ2v) is 2.26. The third-order valence-corrected chi connectivity index (χ3v) is 1.24. The van der Waals surface area contributed by atoms with E-state index >= 15 is 0 Å². The normalized spacial score (nSPS) is 12.5. The molecule has 1 atom stereocenters. The largest absolute Gasteiger partial charge is 0.480 e. The van der Waals surface area contributed by atoms with E-state index in [9.17, 15) is 9.59 Å². The number of carbonyl (C=O) groups is 2. The Morgan fingerprint density at radius 2 is 2.09 bits per heavy atom. The summed E-state index contributed by atoms with van der Waals surface area (Å²) in [4.78, 5) is 20.6. The standard InChI is InChI=1S/C6H11NO4/c1-4(8)2-3-5(7-11)6(9)10/h5,7,11H,2-3H2,1H3,(H,9,10)/t5-/m0/s1. The Balaban J connectivity index is 3.70. The summed E-state index contributed by atoms with van der Waals surface area (Å²) >= 11 is 0. The smallest absolute Gasteiger partial charge is 0.323 e. The van der Waals surface area contributed by atoms with Gasteiger partial charge in [0, 0.05) is 6.42 Å². The molecular formula is C6H11NO4. The Hall–Kier alpha value is -0.940. The van der Waals surface area contributed by atoms with Gasteiger partial charge < -0.3 is 15.1 Å². The van der Waals surface area contributed by atoms with Crippen LogP contribution in [0.4, 0.5) is 0 Å². The molecule has 0 aromatic rings. The molecule has 3 N–H and O–H groups in total. The molecule has 0 unspecified atom stereocenters. The molecule has 0 aliphatic rings. The number of ketones is 1. The fourth-order valence-electron chi connectivity index (χ4n) is 0.591. The number of carbonyl (C=O) groups excluding carboxylic acids is 1. The first-order chi connectivity index (χ1) is 5.07. The summed E-state index contributed by atoms with van der Waals surface area (Å²) in [5.74, 6) is -1.25. The van der Waals surface area contributed by atoms with E-state index in [0.717, 1.165) is 0 Å². The van der Waals surface area contributed by atoms with Crippen LogP contribution in [0.25, 0.3) is 0 Å². The zero-order valence-corrected chi connectivity index (χ0v) is 6.20. The molecular weight excluding hydrogens is 150 g/mol. The van der Waals surface area contributed by atoms with Crippen LogP contribution in [-0.4, -0.2) is 28.1 Å². The molecule has 0 aromatic carbocycles. The summed E-state index contributed by atoms with van der Waals surface area (Å²) in [6.45, 7) is 1.37. The van der Waals surface area contributed by atoms with Crippen LogP contribution >= 0.6 is 0 Å². The van der Waals surface area contributed by atoms with Crippen molar-refractivity contribution in [2.24, 2.45) is 0 Å². The summed E-state index contributed by atoms with van der Waals surface area (Å²) in [5, 5.41) is 16.6. The minimum atomic E-state index is -1.16. The van der Waals surface area contributed by atoms with Crippen molar-refractivity contribution in [2.75, 3.05) is 0 Å². The second-order valence-electron chi connectivity index (χ2n) is 2.26. The van der Waals surface area contributed by atoms with Gasteiger partial charge in [-0.25, -0.2) is 0 Å². The number of rotatable bonds is 5. The number of carboxylic acid groups (broad SMARTS) is 1. The van der Waals surface area contributed by atoms with Crippen molar-refractivity contribution < 1.29 is 19.9 Å². The summed E-state index contributed by atoms with van der Waals surface area (Å²) in [6, 6.07) is -1.04. The SMILES string of the molecule is CC(=O)CC[C@H](NO)C(=O)O. The van der Waals surface area contributed by atoms with E-state index in [0.29, 0.717) is 0 Å². The van der Waals surface area contributed by atoms with Crippen LogP contribution in [0.5, 0.6) is 0 Å². The van der Waals surface area contributed by atoms with Crippen molar-refractivity contribution in [3.8, 4) is 0 Å². The third kappa shape index (κ3) is 4.46. The lowest BCUT2D eigenvalue weighted by atomic mass is 10.1. The Bertz CT molecular complexity index is 157. The Kier molecular flexibility index (Phi) is 4.40. The average Bonchev–Trinajstić information content (AvgIpc) is 1.87. The maximum Gasteiger partial charge on any atom is 0.323 e. The maximum absolute atomic E-state index is 10.4. The molecule has 0 heterocycles. The highest BCUT2D eigenvalue weighted by Crippen LogP contribution is 1.97. The number of hydrogen-bond acceptors (Lipinski definition) is 4. The van der Waals surface area contributed by atoms with Gasteiger partial charge in [-0.1, -0.05) is 0 Å². The second kappa shape index (κ2) is 4.81. The van der Waals surface area contributed by atoms with Crippen LogP contribution in [-0.2, 0) is 9.59 Å². The average molecular weight is 161 g/mol. The van der Waals surface area contributed by atoms with E-state index in [2.05, 4.69) is 0 Å². The summed E-state index contributed by atoms with van der Waals surface area (Å²) < 4.78 is 0. The van der Waals surface area contributed by atoms with Crippen molar-refractivity contribution in [1.29, 1.82) is 0 Å². The van der Waals surface area contributed by atoms with E-state index in [1.54, 1.807) is 5.48 Å². The summed E-state index contributed by atoms with van der Waals surface area (Å²) in [7, 11) is 0. The van der Waals surface area contributed by atoms with Gasteiger partial charge in [-0.3, -0.25) is 4.79 Å². The predicted molar refractivity (Wildman–Crippen MR) is 36.3 cm³/mol. The number of hydrogen-bond donors (Lipinski definition) is 3. The molecule has 0 saturated carbocycles. The highest BCUT2D eigenvalue weighted by Gasteiger charge is 2.15. The highest BCUT2D eigenvalue weighted by molar-refractivity contribution is 5.78. The van der Waals surface area contributed by atoms with Gasteiger partial charge in [0.2, 0.25) is 0 Å². The van der Waals surface area contributed by atoms with E-state index in [-0.39, 0.29) is 18.6 Å². The van der Waals surface area contributed by atoms with Gasteiger partial charge in [0.1, 0.15) is 11.8 Å². The van der Waals surface area contributed by atoms with Gasteiger partial charge in [-0.05, 0) is 13.3 Å². The van der Waals surface area contributed by atoms with Gasteiger partial charge in [0.05, 0.1) is 0 Å². The molecule has 0 fully saturated rings. The Morgan fingerprint density at radius 1 is 1.55 bits per heavy atom. The lowest BCUT2D eigenvalue weighted by Gasteiger charge is -2.07. The van der Waals surface area contributed by atoms with Crippen molar-refractivity contribution in [3.05, 3.63) is 0 Å². The lowest BCUT2D eigenvalue weighted by Crippen LogP contribution is -2.34. The number of hydroxylamine groups is 1. The van der Waals surface area contributed by atoms with Gasteiger partial charge in [0.15, 0.2) is 0 Å². The minimum Gasteiger partial charge on any atom is -0.480 e. The first-order valence-electron chi connectivity index (χ1n) is 3.19. The van der Waals surface area contributed by atoms with Crippen LogP contribution in [0.3, 0.4) is 0 Å². The molecule has 11 heavy (non-hydrogen) atoms. The van der Waals surface area contributed by atoms with Crippen LogP contribution < -0.4 is 5.48 Å². The van der Waals surface area contributed by atoms with Crippen LogP contribution in [0.1, 0.15) is 19.8 Å². The quantitative estimate of drug-likeness (QED) is 0.485. The van der Waals surface area contributed by atoms with E-state index in [4.69, 9.17) is 10.3 Å². The molecule has 64 valence electrons. The van der Waals surface area contributed by atoms with E-state index in [1.165, 1.54) is 6.92 Å². The van der Waals surface area contributed by atoms with Crippen molar-refractivity contribution in [1.82, 2.24) is 5.48 Å².